The van der Waals surface area contributed by atoms with Crippen molar-refractivity contribution in [2.45, 2.75) is 26.4 Å². The minimum absolute atomic E-state index is 0.0157. The Kier molecular flexibility index (Phi) is 4.07. The minimum Gasteiger partial charge on any atom is -0.378 e. The lowest BCUT2D eigenvalue weighted by atomic mass is 10.0. The number of halogens is 1. The number of carbonyl (C=O) groups excluding carboxylic acids is 1. The molecule has 1 heterocycles. The molecule has 0 spiro atoms. The number of carbonyl (C=O) groups is 1. The highest BCUT2D eigenvalue weighted by atomic mass is 79.9. The highest BCUT2D eigenvalue weighted by Crippen LogP contribution is 2.28. The van der Waals surface area contributed by atoms with Gasteiger partial charge < -0.3 is 9.64 Å². The molecule has 1 fully saturated rings. The zero-order valence-electron chi connectivity index (χ0n) is 10.9. The van der Waals surface area contributed by atoms with E-state index in [0.29, 0.717) is 6.61 Å². The monoisotopic (exact) mass is 311 g/mol. The van der Waals surface area contributed by atoms with Crippen LogP contribution in [0.1, 0.15) is 18.9 Å². The molecule has 98 valence electrons. The van der Waals surface area contributed by atoms with Crippen LogP contribution in [0, 0.1) is 12.8 Å². The maximum atomic E-state index is 12.4. The van der Waals surface area contributed by atoms with Gasteiger partial charge in [-0.05, 0) is 44.0 Å². The number of amides is 1. The molecule has 1 saturated heterocycles. The van der Waals surface area contributed by atoms with Gasteiger partial charge in [0.25, 0.3) is 0 Å². The third-order valence-corrected chi connectivity index (χ3v) is 4.04. The Hall–Kier alpha value is -0.870. The number of aryl methyl sites for hydroxylation is 1. The van der Waals surface area contributed by atoms with E-state index in [1.807, 2.05) is 39.1 Å². The number of hydrogen-bond acceptors (Lipinski definition) is 2. The van der Waals surface area contributed by atoms with Crippen molar-refractivity contribution in [1.82, 2.24) is 0 Å². The molecule has 0 saturated carbocycles. The molecule has 0 bridgehead atoms. The molecule has 1 amide bonds. The molecule has 1 aliphatic heterocycles. The van der Waals surface area contributed by atoms with Crippen LogP contribution < -0.4 is 4.90 Å². The van der Waals surface area contributed by atoms with E-state index in [-0.39, 0.29) is 17.9 Å². The van der Waals surface area contributed by atoms with Gasteiger partial charge in [0.1, 0.15) is 0 Å². The summed E-state index contributed by atoms with van der Waals surface area (Å²) in [5.41, 5.74) is 2.05. The number of rotatable bonds is 2. The molecule has 3 nitrogen and oxygen atoms in total. The average molecular weight is 312 g/mol. The van der Waals surface area contributed by atoms with Crippen LogP contribution in [-0.2, 0) is 9.53 Å². The second kappa shape index (κ2) is 5.41. The maximum absolute atomic E-state index is 12.4. The Morgan fingerprint density at radius 1 is 1.50 bits per heavy atom. The number of benzene rings is 1. The second-order valence-corrected chi connectivity index (χ2v) is 5.71. The van der Waals surface area contributed by atoms with Crippen molar-refractivity contribution in [3.05, 3.63) is 28.2 Å². The summed E-state index contributed by atoms with van der Waals surface area (Å²) >= 11 is 3.43. The lowest BCUT2D eigenvalue weighted by Gasteiger charge is -2.24. The fraction of sp³-hybridized carbons (Fsp3) is 0.500. The van der Waals surface area contributed by atoms with Crippen LogP contribution in [0.5, 0.6) is 0 Å². The Balaban J connectivity index is 2.20. The first-order valence-corrected chi connectivity index (χ1v) is 6.95. The van der Waals surface area contributed by atoms with Crippen LogP contribution >= 0.6 is 15.9 Å². The molecule has 0 radical (unpaired) electrons. The van der Waals surface area contributed by atoms with E-state index >= 15 is 0 Å². The first-order valence-electron chi connectivity index (χ1n) is 6.16. The van der Waals surface area contributed by atoms with Gasteiger partial charge in [-0.15, -0.1) is 0 Å². The zero-order chi connectivity index (χ0) is 13.3. The van der Waals surface area contributed by atoms with Gasteiger partial charge in [0.05, 0.1) is 12.0 Å². The van der Waals surface area contributed by atoms with E-state index < -0.39 is 0 Å². The van der Waals surface area contributed by atoms with E-state index in [1.165, 1.54) is 0 Å². The fourth-order valence-corrected chi connectivity index (χ4v) is 2.89. The molecule has 0 N–H and O–H groups in total. The Labute approximate surface area is 116 Å². The molecule has 0 unspecified atom stereocenters. The lowest BCUT2D eigenvalue weighted by molar-refractivity contribution is -0.123. The quantitative estimate of drug-likeness (QED) is 0.839. The third kappa shape index (κ3) is 2.59. The Bertz CT molecular complexity index is 461. The lowest BCUT2D eigenvalue weighted by Crippen LogP contribution is -2.36. The van der Waals surface area contributed by atoms with E-state index in [0.717, 1.165) is 22.1 Å². The first-order chi connectivity index (χ1) is 8.50. The van der Waals surface area contributed by atoms with Gasteiger partial charge in [-0.2, -0.15) is 0 Å². The van der Waals surface area contributed by atoms with Gasteiger partial charge in [-0.25, -0.2) is 0 Å². The number of nitrogens with zero attached hydrogens (tertiary/aromatic N) is 1. The van der Waals surface area contributed by atoms with E-state index in [1.54, 1.807) is 4.90 Å². The summed E-state index contributed by atoms with van der Waals surface area (Å²) < 4.78 is 6.50. The smallest absolute Gasteiger partial charge is 0.232 e. The molecular weight excluding hydrogens is 294 g/mol. The third-order valence-electron chi connectivity index (χ3n) is 3.54. The van der Waals surface area contributed by atoms with Crippen LogP contribution in [0.25, 0.3) is 0 Å². The van der Waals surface area contributed by atoms with Crippen LogP contribution in [-0.4, -0.2) is 25.7 Å². The van der Waals surface area contributed by atoms with Crippen LogP contribution in [0.4, 0.5) is 5.69 Å². The van der Waals surface area contributed by atoms with Gasteiger partial charge >= 0.3 is 0 Å². The Morgan fingerprint density at radius 2 is 2.22 bits per heavy atom. The predicted octanol–water partition coefficient (Wildman–Crippen LogP) is 3.15. The summed E-state index contributed by atoms with van der Waals surface area (Å²) in [6.07, 6.45) is 0.843. The van der Waals surface area contributed by atoms with Crippen molar-refractivity contribution in [3.8, 4) is 0 Å². The van der Waals surface area contributed by atoms with Crippen molar-refractivity contribution in [3.63, 3.8) is 0 Å². The SMILES string of the molecule is Cc1cc(Br)ccc1N(C)C(=O)[C@@H]1CCO[C@@H]1C. The second-order valence-electron chi connectivity index (χ2n) is 4.80. The largest absolute Gasteiger partial charge is 0.378 e. The predicted molar refractivity (Wildman–Crippen MR) is 75.8 cm³/mol. The van der Waals surface area contributed by atoms with Gasteiger partial charge in [0.15, 0.2) is 0 Å². The Morgan fingerprint density at radius 3 is 2.78 bits per heavy atom. The first kappa shape index (κ1) is 13.6. The van der Waals surface area contributed by atoms with Crippen LogP contribution in [0.3, 0.4) is 0 Å². The number of hydrogen-bond donors (Lipinski definition) is 0. The van der Waals surface area contributed by atoms with Gasteiger partial charge in [0, 0.05) is 23.8 Å². The highest BCUT2D eigenvalue weighted by molar-refractivity contribution is 9.10. The summed E-state index contributed by atoms with van der Waals surface area (Å²) in [6.45, 7) is 4.67. The van der Waals surface area contributed by atoms with Gasteiger partial charge in [0.2, 0.25) is 5.91 Å². The molecule has 1 aliphatic rings. The fourth-order valence-electron chi connectivity index (χ4n) is 2.42. The molecule has 2 atom stereocenters. The van der Waals surface area contributed by atoms with Crippen molar-refractivity contribution in [2.75, 3.05) is 18.6 Å². The zero-order valence-corrected chi connectivity index (χ0v) is 12.5. The standard InChI is InChI=1S/C14H18BrNO2/c1-9-8-11(15)4-5-13(9)16(3)14(17)12-6-7-18-10(12)2/h4-5,8,10,12H,6-7H2,1-3H3/t10-,12-/m1/s1. The topological polar surface area (TPSA) is 29.5 Å². The molecular formula is C14H18BrNO2. The minimum atomic E-state index is -0.0157. The van der Waals surface area contributed by atoms with E-state index in [9.17, 15) is 4.79 Å². The van der Waals surface area contributed by atoms with Crippen molar-refractivity contribution >= 4 is 27.5 Å². The average Bonchev–Trinajstić information content (AvgIpc) is 2.74. The summed E-state index contributed by atoms with van der Waals surface area (Å²) in [6, 6.07) is 5.95. The van der Waals surface area contributed by atoms with Crippen LogP contribution in [0.2, 0.25) is 0 Å². The molecule has 4 heteroatoms. The molecule has 1 aromatic rings. The summed E-state index contributed by atoms with van der Waals surface area (Å²) in [5.74, 6) is 0.128. The maximum Gasteiger partial charge on any atom is 0.232 e. The number of anilines is 1. The van der Waals surface area contributed by atoms with Gasteiger partial charge in [-0.1, -0.05) is 15.9 Å². The summed E-state index contributed by atoms with van der Waals surface area (Å²) in [5, 5.41) is 0. The molecule has 0 aliphatic carbocycles. The highest BCUT2D eigenvalue weighted by Gasteiger charge is 2.33. The molecule has 18 heavy (non-hydrogen) atoms. The summed E-state index contributed by atoms with van der Waals surface area (Å²) in [4.78, 5) is 14.2. The van der Waals surface area contributed by atoms with Crippen LogP contribution in [0.15, 0.2) is 22.7 Å². The van der Waals surface area contributed by atoms with Gasteiger partial charge in [-0.3, -0.25) is 4.79 Å². The molecule has 2 rings (SSSR count). The van der Waals surface area contributed by atoms with Crippen molar-refractivity contribution < 1.29 is 9.53 Å². The normalized spacial score (nSPS) is 23.1. The van der Waals surface area contributed by atoms with Crippen molar-refractivity contribution in [1.29, 1.82) is 0 Å². The van der Waals surface area contributed by atoms with E-state index in [2.05, 4.69) is 15.9 Å². The molecule has 0 aromatic heterocycles. The van der Waals surface area contributed by atoms with Crippen molar-refractivity contribution in [2.24, 2.45) is 5.92 Å². The number of ether oxygens (including phenoxy) is 1. The van der Waals surface area contributed by atoms with E-state index in [4.69, 9.17) is 4.74 Å². The summed E-state index contributed by atoms with van der Waals surface area (Å²) in [7, 11) is 1.84. The molecule has 1 aromatic carbocycles.